The molecule has 2 unspecified atom stereocenters. The van der Waals surface area contributed by atoms with Crippen molar-refractivity contribution >= 4 is 17.7 Å². The van der Waals surface area contributed by atoms with E-state index in [9.17, 15) is 9.90 Å². The van der Waals surface area contributed by atoms with Gasteiger partial charge in [0, 0.05) is 43.6 Å². The molecule has 1 amide bonds. The molecule has 2 saturated heterocycles. The maximum atomic E-state index is 12.0. The predicted octanol–water partition coefficient (Wildman–Crippen LogP) is 0.0648. The Balaban J connectivity index is 1.79. The SMILES string of the molecule is CC1(O)CCN(C(=O)CC2CSCCN2)C1. The summed E-state index contributed by atoms with van der Waals surface area (Å²) in [5.74, 6) is 2.34. The molecular weight excluding hydrogens is 224 g/mol. The number of aliphatic hydroxyl groups is 1. The molecular formula is C11H20N2O2S. The van der Waals surface area contributed by atoms with Gasteiger partial charge in [-0.05, 0) is 13.3 Å². The van der Waals surface area contributed by atoms with E-state index >= 15 is 0 Å². The molecule has 0 aromatic carbocycles. The summed E-state index contributed by atoms with van der Waals surface area (Å²) in [6.45, 7) is 3.99. The highest BCUT2D eigenvalue weighted by molar-refractivity contribution is 7.99. The molecule has 0 aliphatic carbocycles. The third-order valence-corrected chi connectivity index (χ3v) is 4.35. The van der Waals surface area contributed by atoms with Gasteiger partial charge in [-0.1, -0.05) is 0 Å². The molecule has 0 aromatic heterocycles. The van der Waals surface area contributed by atoms with Gasteiger partial charge in [0.2, 0.25) is 5.91 Å². The van der Waals surface area contributed by atoms with Crippen molar-refractivity contribution in [1.29, 1.82) is 0 Å². The van der Waals surface area contributed by atoms with E-state index < -0.39 is 5.60 Å². The van der Waals surface area contributed by atoms with Gasteiger partial charge >= 0.3 is 0 Å². The van der Waals surface area contributed by atoms with Crippen LogP contribution in [0.25, 0.3) is 0 Å². The summed E-state index contributed by atoms with van der Waals surface area (Å²) in [4.78, 5) is 13.8. The average molecular weight is 244 g/mol. The molecule has 0 spiro atoms. The first-order valence-electron chi connectivity index (χ1n) is 5.88. The second-order valence-electron chi connectivity index (χ2n) is 4.99. The quantitative estimate of drug-likeness (QED) is 0.721. The second-order valence-corrected chi connectivity index (χ2v) is 6.14. The van der Waals surface area contributed by atoms with Crippen LogP contribution in [0.2, 0.25) is 0 Å². The first-order valence-corrected chi connectivity index (χ1v) is 7.04. The molecule has 5 heteroatoms. The van der Waals surface area contributed by atoms with Crippen molar-refractivity contribution in [2.24, 2.45) is 0 Å². The molecule has 2 rings (SSSR count). The summed E-state index contributed by atoms with van der Waals surface area (Å²) in [7, 11) is 0. The van der Waals surface area contributed by atoms with Crippen LogP contribution in [0.15, 0.2) is 0 Å². The summed E-state index contributed by atoms with van der Waals surface area (Å²) < 4.78 is 0. The number of β-amino-alcohol motifs (C(OH)–C–C–N with tert-alkyl or cyclic N) is 1. The standard InChI is InChI=1S/C11H20N2O2S/c1-11(15)2-4-13(8-11)10(14)6-9-7-16-5-3-12-9/h9,12,15H,2-8H2,1H3. The Hall–Kier alpha value is -0.260. The predicted molar refractivity (Wildman–Crippen MR) is 65.6 cm³/mol. The van der Waals surface area contributed by atoms with Gasteiger partial charge in [-0.2, -0.15) is 11.8 Å². The molecule has 0 radical (unpaired) electrons. The molecule has 92 valence electrons. The van der Waals surface area contributed by atoms with Crippen LogP contribution in [0.5, 0.6) is 0 Å². The Morgan fingerprint density at radius 1 is 1.69 bits per heavy atom. The lowest BCUT2D eigenvalue weighted by Gasteiger charge is -2.25. The van der Waals surface area contributed by atoms with Crippen LogP contribution in [0.3, 0.4) is 0 Å². The number of nitrogens with zero attached hydrogens (tertiary/aromatic N) is 1. The third kappa shape index (κ3) is 3.12. The van der Waals surface area contributed by atoms with Gasteiger partial charge < -0.3 is 15.3 Å². The summed E-state index contributed by atoms with van der Waals surface area (Å²) in [6.07, 6.45) is 1.27. The lowest BCUT2D eigenvalue weighted by molar-refractivity contribution is -0.131. The molecule has 0 saturated carbocycles. The number of thioether (sulfide) groups is 1. The fourth-order valence-electron chi connectivity index (χ4n) is 2.25. The van der Waals surface area contributed by atoms with E-state index in [-0.39, 0.29) is 5.91 Å². The summed E-state index contributed by atoms with van der Waals surface area (Å²) in [5, 5.41) is 13.2. The number of carbonyl (C=O) groups excluding carboxylic acids is 1. The van der Waals surface area contributed by atoms with Crippen molar-refractivity contribution in [2.45, 2.75) is 31.4 Å². The van der Waals surface area contributed by atoms with E-state index in [2.05, 4.69) is 5.32 Å². The maximum Gasteiger partial charge on any atom is 0.224 e. The van der Waals surface area contributed by atoms with E-state index in [4.69, 9.17) is 0 Å². The van der Waals surface area contributed by atoms with Crippen LogP contribution < -0.4 is 5.32 Å². The second kappa shape index (κ2) is 4.94. The number of amides is 1. The summed E-state index contributed by atoms with van der Waals surface area (Å²) >= 11 is 1.90. The van der Waals surface area contributed by atoms with Crippen LogP contribution >= 0.6 is 11.8 Å². The van der Waals surface area contributed by atoms with Crippen molar-refractivity contribution in [3.05, 3.63) is 0 Å². The fraction of sp³-hybridized carbons (Fsp3) is 0.909. The third-order valence-electron chi connectivity index (χ3n) is 3.22. The van der Waals surface area contributed by atoms with Crippen LogP contribution in [0, 0.1) is 0 Å². The topological polar surface area (TPSA) is 52.6 Å². The lowest BCUT2D eigenvalue weighted by Crippen LogP contribution is -2.42. The van der Waals surface area contributed by atoms with E-state index in [0.29, 0.717) is 32.0 Å². The summed E-state index contributed by atoms with van der Waals surface area (Å²) in [6, 6.07) is 0.316. The fourth-order valence-corrected chi connectivity index (χ4v) is 3.20. The summed E-state index contributed by atoms with van der Waals surface area (Å²) in [5.41, 5.74) is -0.676. The van der Waals surface area contributed by atoms with E-state index in [1.165, 1.54) is 0 Å². The number of carbonyl (C=O) groups is 1. The van der Waals surface area contributed by atoms with Gasteiger partial charge in [0.05, 0.1) is 5.60 Å². The first kappa shape index (κ1) is 12.2. The molecule has 2 atom stereocenters. The van der Waals surface area contributed by atoms with Crippen molar-refractivity contribution in [3.63, 3.8) is 0 Å². The Morgan fingerprint density at radius 3 is 3.06 bits per heavy atom. The van der Waals surface area contributed by atoms with Crippen LogP contribution in [0.4, 0.5) is 0 Å². The molecule has 2 aliphatic rings. The van der Waals surface area contributed by atoms with Crippen LogP contribution in [-0.4, -0.2) is 58.7 Å². The smallest absolute Gasteiger partial charge is 0.224 e. The average Bonchev–Trinajstić information content (AvgIpc) is 2.60. The Kier molecular flexibility index (Phi) is 3.77. The molecule has 2 heterocycles. The highest BCUT2D eigenvalue weighted by atomic mass is 32.2. The normalized spacial score (nSPS) is 35.4. The zero-order valence-corrected chi connectivity index (χ0v) is 10.6. The molecule has 0 bridgehead atoms. The minimum Gasteiger partial charge on any atom is -0.388 e. The molecule has 0 aromatic rings. The van der Waals surface area contributed by atoms with Crippen LogP contribution in [0.1, 0.15) is 19.8 Å². The highest BCUT2D eigenvalue weighted by Crippen LogP contribution is 2.21. The number of nitrogens with one attached hydrogen (secondary N) is 1. The largest absolute Gasteiger partial charge is 0.388 e. The van der Waals surface area contributed by atoms with E-state index in [0.717, 1.165) is 18.1 Å². The van der Waals surface area contributed by atoms with Gasteiger partial charge in [0.15, 0.2) is 0 Å². The Bertz CT molecular complexity index is 265. The number of likely N-dealkylation sites (tertiary alicyclic amines) is 1. The lowest BCUT2D eigenvalue weighted by atomic mass is 10.1. The minimum atomic E-state index is -0.676. The van der Waals surface area contributed by atoms with Crippen molar-refractivity contribution in [2.75, 3.05) is 31.1 Å². The molecule has 16 heavy (non-hydrogen) atoms. The maximum absolute atomic E-state index is 12.0. The van der Waals surface area contributed by atoms with Gasteiger partial charge in [-0.3, -0.25) is 4.79 Å². The van der Waals surface area contributed by atoms with Crippen LogP contribution in [-0.2, 0) is 4.79 Å². The molecule has 2 fully saturated rings. The molecule has 2 N–H and O–H groups in total. The van der Waals surface area contributed by atoms with Gasteiger partial charge in [-0.25, -0.2) is 0 Å². The van der Waals surface area contributed by atoms with Gasteiger partial charge in [-0.15, -0.1) is 0 Å². The first-order chi connectivity index (χ1) is 7.57. The minimum absolute atomic E-state index is 0.178. The van der Waals surface area contributed by atoms with E-state index in [1.54, 1.807) is 11.8 Å². The van der Waals surface area contributed by atoms with Gasteiger partial charge in [0.1, 0.15) is 0 Å². The van der Waals surface area contributed by atoms with Crippen molar-refractivity contribution < 1.29 is 9.90 Å². The van der Waals surface area contributed by atoms with Crippen molar-refractivity contribution in [3.8, 4) is 0 Å². The highest BCUT2D eigenvalue weighted by Gasteiger charge is 2.34. The van der Waals surface area contributed by atoms with Gasteiger partial charge in [0.25, 0.3) is 0 Å². The monoisotopic (exact) mass is 244 g/mol. The number of hydrogen-bond donors (Lipinski definition) is 2. The molecule has 4 nitrogen and oxygen atoms in total. The molecule has 2 aliphatic heterocycles. The number of hydrogen-bond acceptors (Lipinski definition) is 4. The zero-order chi connectivity index (χ0) is 11.6. The Labute approximate surface area is 101 Å². The zero-order valence-electron chi connectivity index (χ0n) is 9.74. The van der Waals surface area contributed by atoms with Crippen molar-refractivity contribution in [1.82, 2.24) is 10.2 Å². The Morgan fingerprint density at radius 2 is 2.50 bits per heavy atom. The number of rotatable bonds is 2. The van der Waals surface area contributed by atoms with E-state index in [1.807, 2.05) is 11.8 Å².